The lowest BCUT2D eigenvalue weighted by atomic mass is 9.89. The molecule has 0 N–H and O–H groups in total. The third-order valence-corrected chi connectivity index (χ3v) is 4.43. The summed E-state index contributed by atoms with van der Waals surface area (Å²) in [7, 11) is 0. The van der Waals surface area contributed by atoms with Crippen molar-refractivity contribution in [2.24, 2.45) is 5.92 Å². The fourth-order valence-electron chi connectivity index (χ4n) is 3.22. The summed E-state index contributed by atoms with van der Waals surface area (Å²) in [5.41, 5.74) is 6.65. The molecular formula is C20H23N. The molecule has 0 radical (unpaired) electrons. The number of nitrogens with zero attached hydrogens (tertiary/aromatic N) is 1. The Kier molecular flexibility index (Phi) is 3.59. The Labute approximate surface area is 127 Å². The molecule has 0 amide bonds. The summed E-state index contributed by atoms with van der Waals surface area (Å²) in [5, 5.41) is 1.30. The first-order valence-corrected chi connectivity index (χ1v) is 7.66. The fraction of sp³-hybridized carbons (Fsp3) is 0.300. The highest BCUT2D eigenvalue weighted by atomic mass is 15.0. The molecule has 0 fully saturated rings. The predicted octanol–water partition coefficient (Wildman–Crippen LogP) is 5.59. The third kappa shape index (κ3) is 2.61. The van der Waals surface area contributed by atoms with Crippen molar-refractivity contribution in [3.63, 3.8) is 0 Å². The summed E-state index contributed by atoms with van der Waals surface area (Å²) in [5.74, 6) is 0.620. The zero-order valence-electron chi connectivity index (χ0n) is 13.2. The van der Waals surface area contributed by atoms with E-state index >= 15 is 0 Å². The lowest BCUT2D eigenvalue weighted by Crippen LogP contribution is -2.12. The van der Waals surface area contributed by atoms with E-state index in [9.17, 15) is 0 Å². The van der Waals surface area contributed by atoms with Gasteiger partial charge in [0.2, 0.25) is 0 Å². The molecule has 108 valence electrons. The summed E-state index contributed by atoms with van der Waals surface area (Å²) >= 11 is 0. The highest BCUT2D eigenvalue weighted by Gasteiger charge is 2.16. The normalized spacial score (nSPS) is 18.5. The number of benzene rings is 1. The number of rotatable bonds is 3. The van der Waals surface area contributed by atoms with E-state index in [1.165, 1.54) is 34.2 Å². The minimum absolute atomic E-state index is 0.620. The largest absolute Gasteiger partial charge is 0.337 e. The van der Waals surface area contributed by atoms with Crippen molar-refractivity contribution in [1.29, 1.82) is 0 Å². The van der Waals surface area contributed by atoms with Gasteiger partial charge in [0.05, 0.1) is 0 Å². The molecule has 1 heteroatoms. The van der Waals surface area contributed by atoms with Crippen molar-refractivity contribution in [3.8, 4) is 0 Å². The zero-order chi connectivity index (χ0) is 15.0. The van der Waals surface area contributed by atoms with E-state index in [4.69, 9.17) is 0 Å². The molecule has 1 atom stereocenters. The number of hydrogen-bond acceptors (Lipinski definition) is 0. The van der Waals surface area contributed by atoms with Crippen LogP contribution in [0.15, 0.2) is 60.2 Å². The molecule has 0 aliphatic heterocycles. The average molecular weight is 277 g/mol. The molecule has 0 spiro atoms. The van der Waals surface area contributed by atoms with Crippen LogP contribution < -0.4 is 0 Å². The Bertz CT molecular complexity index is 755. The molecule has 1 aliphatic rings. The summed E-state index contributed by atoms with van der Waals surface area (Å²) < 4.78 is 2.41. The standard InChI is InChI=1S/C20H23N/c1-14(2)20-12-17-7-5-6-8-19(17)21(20)13-18-10-9-15(3)11-16(18)4/h5-10,12,16H,1,11,13H2,2-4H3. The lowest BCUT2D eigenvalue weighted by molar-refractivity contribution is 0.604. The van der Waals surface area contributed by atoms with Gasteiger partial charge in [0.15, 0.2) is 0 Å². The summed E-state index contributed by atoms with van der Waals surface area (Å²) in [6.45, 7) is 11.7. The summed E-state index contributed by atoms with van der Waals surface area (Å²) in [4.78, 5) is 0. The molecule has 1 aliphatic carbocycles. The highest BCUT2D eigenvalue weighted by Crippen LogP contribution is 2.30. The minimum Gasteiger partial charge on any atom is -0.337 e. The summed E-state index contributed by atoms with van der Waals surface area (Å²) in [6, 6.07) is 10.9. The maximum Gasteiger partial charge on any atom is 0.0488 e. The number of allylic oxidation sites excluding steroid dienone is 5. The van der Waals surface area contributed by atoms with Gasteiger partial charge in [0.25, 0.3) is 0 Å². The van der Waals surface area contributed by atoms with Crippen LogP contribution in [0.5, 0.6) is 0 Å². The first-order chi connectivity index (χ1) is 10.1. The van der Waals surface area contributed by atoms with Crippen LogP contribution >= 0.6 is 0 Å². The molecule has 1 aromatic heterocycles. The molecule has 0 saturated heterocycles. The molecular weight excluding hydrogens is 254 g/mol. The molecule has 0 bridgehead atoms. The van der Waals surface area contributed by atoms with Gasteiger partial charge in [-0.2, -0.15) is 0 Å². The van der Waals surface area contributed by atoms with Crippen molar-refractivity contribution in [3.05, 3.63) is 65.9 Å². The second-order valence-corrected chi connectivity index (χ2v) is 6.31. The van der Waals surface area contributed by atoms with E-state index in [2.05, 4.69) is 74.4 Å². The van der Waals surface area contributed by atoms with Crippen LogP contribution in [0.1, 0.15) is 32.9 Å². The number of fused-ring (bicyclic) bond motifs is 1. The van der Waals surface area contributed by atoms with E-state index in [1.54, 1.807) is 0 Å². The maximum atomic E-state index is 4.15. The van der Waals surface area contributed by atoms with Gasteiger partial charge in [-0.25, -0.2) is 0 Å². The maximum absolute atomic E-state index is 4.15. The quantitative estimate of drug-likeness (QED) is 0.689. The van der Waals surface area contributed by atoms with Crippen molar-refractivity contribution >= 4 is 16.5 Å². The topological polar surface area (TPSA) is 4.93 Å². The van der Waals surface area contributed by atoms with E-state index in [0.29, 0.717) is 5.92 Å². The van der Waals surface area contributed by atoms with Gasteiger partial charge in [-0.3, -0.25) is 0 Å². The minimum atomic E-state index is 0.620. The lowest BCUT2D eigenvalue weighted by Gasteiger charge is -2.22. The van der Waals surface area contributed by atoms with E-state index in [-0.39, 0.29) is 0 Å². The predicted molar refractivity (Wildman–Crippen MR) is 92.3 cm³/mol. The van der Waals surface area contributed by atoms with Crippen molar-refractivity contribution in [2.75, 3.05) is 0 Å². The number of aromatic nitrogens is 1. The molecule has 1 heterocycles. The molecule has 1 unspecified atom stereocenters. The van der Waals surface area contributed by atoms with Gasteiger partial charge >= 0.3 is 0 Å². The van der Waals surface area contributed by atoms with Crippen LogP contribution in [0.3, 0.4) is 0 Å². The van der Waals surface area contributed by atoms with Crippen molar-refractivity contribution in [1.82, 2.24) is 4.57 Å². The third-order valence-electron chi connectivity index (χ3n) is 4.43. The molecule has 21 heavy (non-hydrogen) atoms. The van der Waals surface area contributed by atoms with Gasteiger partial charge in [0.1, 0.15) is 0 Å². The van der Waals surface area contributed by atoms with Crippen LogP contribution in [-0.2, 0) is 6.54 Å². The Morgan fingerprint density at radius 1 is 1.29 bits per heavy atom. The van der Waals surface area contributed by atoms with Crippen LogP contribution in [0.2, 0.25) is 0 Å². The Morgan fingerprint density at radius 2 is 2.05 bits per heavy atom. The fourth-order valence-corrected chi connectivity index (χ4v) is 3.22. The molecule has 1 aromatic carbocycles. The van der Waals surface area contributed by atoms with Gasteiger partial charge in [-0.05, 0) is 49.5 Å². The smallest absolute Gasteiger partial charge is 0.0488 e. The van der Waals surface area contributed by atoms with Gasteiger partial charge in [0, 0.05) is 23.1 Å². The van der Waals surface area contributed by atoms with Gasteiger partial charge in [-0.1, -0.05) is 49.4 Å². The van der Waals surface area contributed by atoms with Gasteiger partial charge in [-0.15, -0.1) is 0 Å². The first-order valence-electron chi connectivity index (χ1n) is 7.66. The van der Waals surface area contributed by atoms with Crippen LogP contribution in [0.4, 0.5) is 0 Å². The Morgan fingerprint density at radius 3 is 2.76 bits per heavy atom. The molecule has 1 nitrogen and oxygen atoms in total. The van der Waals surface area contributed by atoms with E-state index in [1.807, 2.05) is 0 Å². The highest BCUT2D eigenvalue weighted by molar-refractivity contribution is 5.85. The van der Waals surface area contributed by atoms with Crippen LogP contribution in [0.25, 0.3) is 16.5 Å². The molecule has 3 rings (SSSR count). The van der Waals surface area contributed by atoms with Crippen molar-refractivity contribution < 1.29 is 0 Å². The number of para-hydroxylation sites is 1. The summed E-state index contributed by atoms with van der Waals surface area (Å²) in [6.07, 6.45) is 5.75. The average Bonchev–Trinajstić information content (AvgIpc) is 2.81. The SMILES string of the molecule is C=C(C)c1cc2ccccc2n1CC1=CC=C(C)CC1C. The first kappa shape index (κ1) is 13.9. The van der Waals surface area contributed by atoms with Crippen molar-refractivity contribution in [2.45, 2.75) is 33.7 Å². The second kappa shape index (κ2) is 5.40. The monoisotopic (exact) mass is 277 g/mol. The van der Waals surface area contributed by atoms with E-state index < -0.39 is 0 Å². The van der Waals surface area contributed by atoms with Crippen LogP contribution in [-0.4, -0.2) is 4.57 Å². The molecule has 0 saturated carbocycles. The van der Waals surface area contributed by atoms with Crippen LogP contribution in [0, 0.1) is 5.92 Å². The number of hydrogen-bond donors (Lipinski definition) is 0. The Balaban J connectivity index is 2.07. The second-order valence-electron chi connectivity index (χ2n) is 6.31. The molecule has 2 aromatic rings. The van der Waals surface area contributed by atoms with Gasteiger partial charge < -0.3 is 4.57 Å². The Hall–Kier alpha value is -2.02. The van der Waals surface area contributed by atoms with E-state index in [0.717, 1.165) is 12.1 Å². The zero-order valence-corrected chi connectivity index (χ0v) is 13.2.